The standard InChI is InChI=1S/C13H16N4O2/c1-19-13-11(14)12(15-8-16-13)17-10(7-18)9-5-3-2-4-6-9/h2-6,8,10,18H,7,14H2,1H3,(H,15,16,17). The number of aliphatic hydroxyl groups excluding tert-OH is 1. The zero-order chi connectivity index (χ0) is 13.7. The van der Waals surface area contributed by atoms with E-state index in [1.165, 1.54) is 13.4 Å². The first-order valence-corrected chi connectivity index (χ1v) is 5.83. The van der Waals surface area contributed by atoms with E-state index in [9.17, 15) is 5.11 Å². The Hall–Kier alpha value is -2.34. The van der Waals surface area contributed by atoms with Crippen molar-refractivity contribution >= 4 is 11.5 Å². The molecule has 1 aromatic heterocycles. The zero-order valence-corrected chi connectivity index (χ0v) is 10.6. The molecule has 0 aliphatic rings. The van der Waals surface area contributed by atoms with Crippen molar-refractivity contribution in [2.45, 2.75) is 6.04 Å². The number of hydrogen-bond acceptors (Lipinski definition) is 6. The molecule has 19 heavy (non-hydrogen) atoms. The van der Waals surface area contributed by atoms with Crippen molar-refractivity contribution in [3.8, 4) is 5.88 Å². The third kappa shape index (κ3) is 2.92. The number of aliphatic hydroxyl groups is 1. The summed E-state index contributed by atoms with van der Waals surface area (Å²) in [6.45, 7) is -0.0736. The second-order valence-electron chi connectivity index (χ2n) is 3.94. The molecule has 4 N–H and O–H groups in total. The van der Waals surface area contributed by atoms with E-state index >= 15 is 0 Å². The summed E-state index contributed by atoms with van der Waals surface area (Å²) in [7, 11) is 1.49. The quantitative estimate of drug-likeness (QED) is 0.748. The third-order valence-corrected chi connectivity index (χ3v) is 2.74. The Morgan fingerprint density at radius 3 is 2.68 bits per heavy atom. The van der Waals surface area contributed by atoms with E-state index in [4.69, 9.17) is 10.5 Å². The van der Waals surface area contributed by atoms with Crippen LogP contribution < -0.4 is 15.8 Å². The summed E-state index contributed by atoms with van der Waals surface area (Å²) in [4.78, 5) is 7.96. The summed E-state index contributed by atoms with van der Waals surface area (Å²) >= 11 is 0. The fraction of sp³-hybridized carbons (Fsp3) is 0.231. The summed E-state index contributed by atoms with van der Waals surface area (Å²) in [6.07, 6.45) is 1.36. The summed E-state index contributed by atoms with van der Waals surface area (Å²) in [5.74, 6) is 0.747. The monoisotopic (exact) mass is 260 g/mol. The number of ether oxygens (including phenoxy) is 1. The van der Waals surface area contributed by atoms with Crippen molar-refractivity contribution in [1.82, 2.24) is 9.97 Å². The molecular weight excluding hydrogens is 244 g/mol. The predicted octanol–water partition coefficient (Wildman–Crippen LogP) is 1.21. The molecule has 0 saturated carbocycles. The SMILES string of the molecule is COc1ncnc(NC(CO)c2ccccc2)c1N. The van der Waals surface area contributed by atoms with Crippen LogP contribution in [-0.2, 0) is 0 Å². The lowest BCUT2D eigenvalue weighted by molar-refractivity contribution is 0.276. The van der Waals surface area contributed by atoms with E-state index in [1.54, 1.807) is 0 Å². The molecule has 0 aliphatic heterocycles. The van der Waals surface area contributed by atoms with E-state index in [0.29, 0.717) is 17.4 Å². The van der Waals surface area contributed by atoms with Crippen molar-refractivity contribution in [1.29, 1.82) is 0 Å². The van der Waals surface area contributed by atoms with Gasteiger partial charge in [0.1, 0.15) is 12.0 Å². The lowest BCUT2D eigenvalue weighted by atomic mass is 10.1. The topological polar surface area (TPSA) is 93.3 Å². The molecule has 1 atom stereocenters. The minimum Gasteiger partial charge on any atom is -0.479 e. The third-order valence-electron chi connectivity index (χ3n) is 2.74. The molecule has 1 heterocycles. The molecule has 2 rings (SSSR count). The molecule has 6 nitrogen and oxygen atoms in total. The Kier molecular flexibility index (Phi) is 4.15. The van der Waals surface area contributed by atoms with Gasteiger partial charge in [-0.3, -0.25) is 0 Å². The Balaban J connectivity index is 2.24. The Morgan fingerprint density at radius 1 is 1.32 bits per heavy atom. The average molecular weight is 260 g/mol. The first-order chi connectivity index (χ1) is 9.26. The van der Waals surface area contributed by atoms with E-state index < -0.39 is 0 Å². The maximum Gasteiger partial charge on any atom is 0.242 e. The second kappa shape index (κ2) is 6.01. The number of aromatic nitrogens is 2. The molecule has 0 radical (unpaired) electrons. The fourth-order valence-corrected chi connectivity index (χ4v) is 1.74. The number of hydrogen-bond donors (Lipinski definition) is 3. The van der Waals surface area contributed by atoms with Gasteiger partial charge in [0.05, 0.1) is 19.8 Å². The Labute approximate surface area is 111 Å². The zero-order valence-electron chi connectivity index (χ0n) is 10.6. The van der Waals surface area contributed by atoms with Crippen molar-refractivity contribution in [2.75, 3.05) is 24.8 Å². The van der Waals surface area contributed by atoms with Gasteiger partial charge in [-0.25, -0.2) is 4.98 Å². The highest BCUT2D eigenvalue weighted by atomic mass is 16.5. The maximum atomic E-state index is 9.48. The maximum absolute atomic E-state index is 9.48. The minimum atomic E-state index is -0.289. The van der Waals surface area contributed by atoms with Crippen LogP contribution >= 0.6 is 0 Å². The highest BCUT2D eigenvalue weighted by Crippen LogP contribution is 2.27. The molecule has 0 amide bonds. The van der Waals surface area contributed by atoms with Crippen LogP contribution in [0.2, 0.25) is 0 Å². The molecule has 2 aromatic rings. The van der Waals surface area contributed by atoms with Gasteiger partial charge < -0.3 is 20.9 Å². The van der Waals surface area contributed by atoms with Crippen LogP contribution in [0.5, 0.6) is 5.88 Å². The van der Waals surface area contributed by atoms with Gasteiger partial charge in [0, 0.05) is 0 Å². The molecule has 0 spiro atoms. The normalized spacial score (nSPS) is 11.9. The van der Waals surface area contributed by atoms with Gasteiger partial charge in [0.15, 0.2) is 5.82 Å². The lowest BCUT2D eigenvalue weighted by Gasteiger charge is -2.18. The highest BCUT2D eigenvalue weighted by Gasteiger charge is 2.14. The van der Waals surface area contributed by atoms with Crippen LogP contribution in [0, 0.1) is 0 Å². The van der Waals surface area contributed by atoms with Crippen LogP contribution in [0.3, 0.4) is 0 Å². The Morgan fingerprint density at radius 2 is 2.05 bits per heavy atom. The van der Waals surface area contributed by atoms with Gasteiger partial charge in [-0.2, -0.15) is 4.98 Å². The van der Waals surface area contributed by atoms with Gasteiger partial charge in [-0.05, 0) is 5.56 Å². The molecule has 0 bridgehead atoms. The number of rotatable bonds is 5. The molecule has 0 fully saturated rings. The van der Waals surface area contributed by atoms with Crippen molar-refractivity contribution in [3.63, 3.8) is 0 Å². The molecule has 0 aliphatic carbocycles. The smallest absolute Gasteiger partial charge is 0.242 e. The summed E-state index contributed by atoms with van der Waals surface area (Å²) in [6, 6.07) is 9.28. The second-order valence-corrected chi connectivity index (χ2v) is 3.94. The fourth-order valence-electron chi connectivity index (χ4n) is 1.74. The van der Waals surface area contributed by atoms with Gasteiger partial charge in [-0.1, -0.05) is 30.3 Å². The Bertz CT molecular complexity index is 533. The van der Waals surface area contributed by atoms with Crippen LogP contribution in [0.4, 0.5) is 11.5 Å². The average Bonchev–Trinajstić information content (AvgIpc) is 2.47. The first-order valence-electron chi connectivity index (χ1n) is 5.83. The van der Waals surface area contributed by atoms with Gasteiger partial charge in [0.2, 0.25) is 5.88 Å². The largest absolute Gasteiger partial charge is 0.479 e. The molecular formula is C13H16N4O2. The number of methoxy groups -OCH3 is 1. The first kappa shape index (κ1) is 13.1. The molecule has 1 aromatic carbocycles. The number of anilines is 2. The number of nitrogens with one attached hydrogen (secondary N) is 1. The molecule has 0 saturated heterocycles. The van der Waals surface area contributed by atoms with E-state index in [1.807, 2.05) is 30.3 Å². The van der Waals surface area contributed by atoms with Gasteiger partial charge in [-0.15, -0.1) is 0 Å². The summed E-state index contributed by atoms with van der Waals surface area (Å²) in [5.41, 5.74) is 7.15. The number of nitrogen functional groups attached to an aromatic ring is 1. The van der Waals surface area contributed by atoms with E-state index in [-0.39, 0.29) is 12.6 Å². The van der Waals surface area contributed by atoms with E-state index in [0.717, 1.165) is 5.56 Å². The summed E-state index contributed by atoms with van der Waals surface area (Å²) in [5, 5.41) is 12.6. The van der Waals surface area contributed by atoms with Crippen LogP contribution in [-0.4, -0.2) is 28.8 Å². The van der Waals surface area contributed by atoms with Crippen LogP contribution in [0.25, 0.3) is 0 Å². The molecule has 6 heteroatoms. The van der Waals surface area contributed by atoms with Crippen molar-refractivity contribution < 1.29 is 9.84 Å². The van der Waals surface area contributed by atoms with Crippen LogP contribution in [0.15, 0.2) is 36.7 Å². The van der Waals surface area contributed by atoms with E-state index in [2.05, 4.69) is 15.3 Å². The van der Waals surface area contributed by atoms with Crippen molar-refractivity contribution in [2.24, 2.45) is 0 Å². The van der Waals surface area contributed by atoms with Crippen molar-refractivity contribution in [3.05, 3.63) is 42.2 Å². The molecule has 100 valence electrons. The molecule has 1 unspecified atom stereocenters. The number of benzene rings is 1. The highest BCUT2D eigenvalue weighted by molar-refractivity contribution is 5.66. The summed E-state index contributed by atoms with van der Waals surface area (Å²) < 4.78 is 5.03. The minimum absolute atomic E-state index is 0.0736. The number of nitrogens with two attached hydrogens (primary N) is 1. The van der Waals surface area contributed by atoms with Gasteiger partial charge >= 0.3 is 0 Å². The number of nitrogens with zero attached hydrogens (tertiary/aromatic N) is 2. The van der Waals surface area contributed by atoms with Crippen LogP contribution in [0.1, 0.15) is 11.6 Å². The lowest BCUT2D eigenvalue weighted by Crippen LogP contribution is -2.17. The predicted molar refractivity (Wildman–Crippen MR) is 72.9 cm³/mol. The van der Waals surface area contributed by atoms with Gasteiger partial charge in [0.25, 0.3) is 0 Å².